The normalized spacial score (nSPS) is 12.1. The first kappa shape index (κ1) is 15.0. The van der Waals surface area contributed by atoms with E-state index in [1.54, 1.807) is 0 Å². The van der Waals surface area contributed by atoms with Crippen molar-refractivity contribution in [2.45, 2.75) is 13.3 Å². The molecule has 5 nitrogen and oxygen atoms in total. The van der Waals surface area contributed by atoms with E-state index >= 15 is 0 Å². The number of hydrogen-bond acceptors (Lipinski definition) is 3. The Morgan fingerprint density at radius 3 is 2.90 bits per heavy atom. The van der Waals surface area contributed by atoms with Crippen LogP contribution in [-0.2, 0) is 21.2 Å². The Kier molecular flexibility index (Phi) is 4.80. The summed E-state index contributed by atoms with van der Waals surface area (Å²) < 4.78 is 30.7. The highest BCUT2D eigenvalue weighted by Crippen LogP contribution is 2.22. The highest BCUT2D eigenvalue weighted by molar-refractivity contribution is 7.89. The van der Waals surface area contributed by atoms with Crippen LogP contribution in [0.1, 0.15) is 11.1 Å². The van der Waals surface area contributed by atoms with Gasteiger partial charge in [-0.2, -0.15) is 0 Å². The topological polar surface area (TPSA) is 71.2 Å². The second-order valence-electron chi connectivity index (χ2n) is 4.77. The number of fused-ring (bicyclic) bond motifs is 1. The predicted octanol–water partition coefficient (Wildman–Crippen LogP) is 1.58. The molecule has 1 heterocycles. The third-order valence-electron chi connectivity index (χ3n) is 3.27. The molecule has 0 bridgehead atoms. The summed E-state index contributed by atoms with van der Waals surface area (Å²) in [6, 6.07) is 6.09. The van der Waals surface area contributed by atoms with Gasteiger partial charge in [-0.3, -0.25) is 0 Å². The maximum atomic E-state index is 11.6. The summed E-state index contributed by atoms with van der Waals surface area (Å²) in [7, 11) is -1.76. The van der Waals surface area contributed by atoms with E-state index in [4.69, 9.17) is 4.74 Å². The second kappa shape index (κ2) is 6.39. The first-order chi connectivity index (χ1) is 9.53. The molecule has 0 saturated carbocycles. The van der Waals surface area contributed by atoms with E-state index in [2.05, 4.69) is 22.7 Å². The zero-order valence-electron chi connectivity index (χ0n) is 11.8. The molecular formula is C14H20N2O3S. The number of rotatable bonds is 7. The summed E-state index contributed by atoms with van der Waals surface area (Å²) in [5.41, 5.74) is 3.41. The van der Waals surface area contributed by atoms with Crippen LogP contribution < -0.4 is 4.72 Å². The Bertz CT molecular complexity index is 677. The third-order valence-corrected chi connectivity index (χ3v) is 4.62. The molecule has 0 spiro atoms. The second-order valence-corrected chi connectivity index (χ2v) is 6.69. The van der Waals surface area contributed by atoms with Gasteiger partial charge in [-0.25, -0.2) is 13.1 Å². The molecule has 2 aromatic rings. The van der Waals surface area contributed by atoms with Crippen LogP contribution >= 0.6 is 0 Å². The van der Waals surface area contributed by atoms with Crippen molar-refractivity contribution in [3.8, 4) is 0 Å². The molecular weight excluding hydrogens is 276 g/mol. The van der Waals surface area contributed by atoms with E-state index in [9.17, 15) is 8.42 Å². The molecule has 0 unspecified atom stereocenters. The molecule has 0 amide bonds. The number of benzene rings is 1. The summed E-state index contributed by atoms with van der Waals surface area (Å²) in [6.45, 7) is 2.66. The van der Waals surface area contributed by atoms with Crippen LogP contribution in [0.15, 0.2) is 24.4 Å². The Balaban J connectivity index is 2.00. The summed E-state index contributed by atoms with van der Waals surface area (Å²) in [4.78, 5) is 3.21. The lowest BCUT2D eigenvalue weighted by molar-refractivity contribution is 0.217. The van der Waals surface area contributed by atoms with Crippen LogP contribution in [0.25, 0.3) is 10.9 Å². The molecule has 0 aliphatic heterocycles. The zero-order chi connectivity index (χ0) is 14.6. The van der Waals surface area contributed by atoms with Crippen molar-refractivity contribution in [1.82, 2.24) is 9.71 Å². The van der Waals surface area contributed by atoms with Crippen LogP contribution in [0.4, 0.5) is 0 Å². The highest BCUT2D eigenvalue weighted by atomic mass is 32.2. The fraction of sp³-hybridized carbons (Fsp3) is 0.429. The van der Waals surface area contributed by atoms with Crippen molar-refractivity contribution in [3.63, 3.8) is 0 Å². The first-order valence-corrected chi connectivity index (χ1v) is 8.20. The van der Waals surface area contributed by atoms with Gasteiger partial charge < -0.3 is 9.72 Å². The molecule has 20 heavy (non-hydrogen) atoms. The third kappa shape index (κ3) is 3.59. The van der Waals surface area contributed by atoms with Crippen LogP contribution in [0.2, 0.25) is 0 Å². The average Bonchev–Trinajstić information content (AvgIpc) is 2.81. The molecule has 6 heteroatoms. The van der Waals surface area contributed by atoms with Crippen LogP contribution in [0, 0.1) is 6.92 Å². The molecule has 110 valence electrons. The Morgan fingerprint density at radius 1 is 1.35 bits per heavy atom. The monoisotopic (exact) mass is 296 g/mol. The molecule has 0 aliphatic rings. The van der Waals surface area contributed by atoms with Crippen molar-refractivity contribution < 1.29 is 13.2 Å². The van der Waals surface area contributed by atoms with Crippen molar-refractivity contribution in [2.24, 2.45) is 0 Å². The van der Waals surface area contributed by atoms with Gasteiger partial charge in [0.05, 0.1) is 12.4 Å². The molecule has 0 radical (unpaired) electrons. The lowest BCUT2D eigenvalue weighted by atomic mass is 10.1. The first-order valence-electron chi connectivity index (χ1n) is 6.55. The molecule has 2 N–H and O–H groups in total. The average molecular weight is 296 g/mol. The zero-order valence-corrected chi connectivity index (χ0v) is 12.6. The molecule has 1 aromatic carbocycles. The van der Waals surface area contributed by atoms with Gasteiger partial charge in [-0.05, 0) is 30.5 Å². The van der Waals surface area contributed by atoms with Crippen molar-refractivity contribution >= 4 is 20.9 Å². The van der Waals surface area contributed by atoms with Gasteiger partial charge in [0.1, 0.15) is 0 Å². The van der Waals surface area contributed by atoms with Gasteiger partial charge in [0.2, 0.25) is 10.0 Å². The van der Waals surface area contributed by atoms with Gasteiger partial charge in [-0.1, -0.05) is 12.1 Å². The standard InChI is InChI=1S/C14H20N2O3S/c1-11-4-3-5-13-14(11)12(10-15-13)6-7-16-20(17,18)9-8-19-2/h3-5,10,15-16H,6-9H2,1-2H3. The summed E-state index contributed by atoms with van der Waals surface area (Å²) in [5, 5.41) is 1.18. The van der Waals surface area contributed by atoms with Gasteiger partial charge in [0, 0.05) is 30.8 Å². The van der Waals surface area contributed by atoms with E-state index in [-0.39, 0.29) is 12.4 Å². The number of H-pyrrole nitrogens is 1. The van der Waals surface area contributed by atoms with E-state index in [0.29, 0.717) is 13.0 Å². The minimum absolute atomic E-state index is 0.00356. The molecule has 0 saturated heterocycles. The summed E-state index contributed by atoms with van der Waals surface area (Å²) >= 11 is 0. The van der Waals surface area contributed by atoms with Crippen LogP contribution in [0.3, 0.4) is 0 Å². The van der Waals surface area contributed by atoms with Crippen molar-refractivity contribution in [3.05, 3.63) is 35.5 Å². The number of aromatic nitrogens is 1. The number of sulfonamides is 1. The van der Waals surface area contributed by atoms with Crippen molar-refractivity contribution in [1.29, 1.82) is 0 Å². The molecule has 1 aromatic heterocycles. The van der Waals surface area contributed by atoms with E-state index < -0.39 is 10.0 Å². The minimum Gasteiger partial charge on any atom is -0.384 e. The largest absolute Gasteiger partial charge is 0.384 e. The van der Waals surface area contributed by atoms with Gasteiger partial charge in [-0.15, -0.1) is 0 Å². The number of nitrogens with one attached hydrogen (secondary N) is 2. The molecule has 2 rings (SSSR count). The van der Waals surface area contributed by atoms with E-state index in [0.717, 1.165) is 11.1 Å². The Morgan fingerprint density at radius 2 is 2.15 bits per heavy atom. The number of aryl methyl sites for hydroxylation is 1. The van der Waals surface area contributed by atoms with Gasteiger partial charge in [0.15, 0.2) is 0 Å². The number of methoxy groups -OCH3 is 1. The Hall–Kier alpha value is -1.37. The SMILES string of the molecule is COCCS(=O)(=O)NCCc1c[nH]c2cccc(C)c12. The fourth-order valence-corrected chi connectivity index (χ4v) is 3.20. The number of hydrogen-bond donors (Lipinski definition) is 2. The van der Waals surface area contributed by atoms with Gasteiger partial charge >= 0.3 is 0 Å². The van der Waals surface area contributed by atoms with Crippen molar-refractivity contribution in [2.75, 3.05) is 26.0 Å². The Labute approximate surface area is 119 Å². The predicted molar refractivity (Wildman–Crippen MR) is 80.4 cm³/mol. The molecule has 0 fully saturated rings. The minimum atomic E-state index is -3.25. The maximum absolute atomic E-state index is 11.6. The number of ether oxygens (including phenoxy) is 1. The number of aromatic amines is 1. The fourth-order valence-electron chi connectivity index (χ4n) is 2.25. The smallest absolute Gasteiger partial charge is 0.213 e. The lowest BCUT2D eigenvalue weighted by Crippen LogP contribution is -2.29. The van der Waals surface area contributed by atoms with Crippen LogP contribution in [-0.4, -0.2) is 39.4 Å². The van der Waals surface area contributed by atoms with Gasteiger partial charge in [0.25, 0.3) is 0 Å². The highest BCUT2D eigenvalue weighted by Gasteiger charge is 2.10. The van der Waals surface area contributed by atoms with E-state index in [1.807, 2.05) is 18.3 Å². The quantitative estimate of drug-likeness (QED) is 0.815. The summed E-state index contributed by atoms with van der Waals surface area (Å²) in [5.74, 6) is -0.00356. The molecule has 0 atom stereocenters. The van der Waals surface area contributed by atoms with Crippen LogP contribution in [0.5, 0.6) is 0 Å². The summed E-state index contributed by atoms with van der Waals surface area (Å²) in [6.07, 6.45) is 2.61. The van der Waals surface area contributed by atoms with E-state index in [1.165, 1.54) is 18.1 Å². The maximum Gasteiger partial charge on any atom is 0.213 e. The lowest BCUT2D eigenvalue weighted by Gasteiger charge is -2.06. The molecule has 0 aliphatic carbocycles.